The van der Waals surface area contributed by atoms with Crippen molar-refractivity contribution in [2.45, 2.75) is 13.3 Å². The molecule has 27 heavy (non-hydrogen) atoms. The number of carbonyl (C=O) groups is 2. The molecule has 2 heterocycles. The van der Waals surface area contributed by atoms with E-state index in [9.17, 15) is 9.59 Å². The van der Waals surface area contributed by atoms with Gasteiger partial charge in [-0.1, -0.05) is 25.1 Å². The van der Waals surface area contributed by atoms with E-state index in [4.69, 9.17) is 14.2 Å². The highest BCUT2D eigenvalue weighted by Crippen LogP contribution is 2.31. The van der Waals surface area contributed by atoms with Crippen LogP contribution in [0.1, 0.15) is 33.2 Å². The maximum absolute atomic E-state index is 12.5. The molecule has 138 valence electrons. The van der Waals surface area contributed by atoms with Gasteiger partial charge in [0.15, 0.2) is 18.1 Å². The van der Waals surface area contributed by atoms with Gasteiger partial charge in [0.05, 0.1) is 5.56 Å². The number of aryl methyl sites for hydroxylation is 1. The number of fused-ring (bicyclic) bond motifs is 2. The van der Waals surface area contributed by atoms with E-state index in [2.05, 4.69) is 11.9 Å². The first-order chi connectivity index (χ1) is 13.2. The van der Waals surface area contributed by atoms with Gasteiger partial charge in [0, 0.05) is 22.7 Å². The predicted octanol–water partition coefficient (Wildman–Crippen LogP) is 3.54. The number of hydrogen-bond donors (Lipinski definition) is 1. The minimum atomic E-state index is -0.575. The minimum Gasteiger partial charge on any atom is -0.486 e. The fourth-order valence-corrected chi connectivity index (χ4v) is 3.20. The number of hydrogen-bond acceptors (Lipinski definition) is 5. The summed E-state index contributed by atoms with van der Waals surface area (Å²) < 4.78 is 16.1. The third-order valence-electron chi connectivity index (χ3n) is 4.60. The molecule has 0 unspecified atom stereocenters. The number of Topliss-reactive ketones (excluding diaryl/α,β-unsaturated/α-hetero) is 1. The Morgan fingerprint density at radius 3 is 2.74 bits per heavy atom. The van der Waals surface area contributed by atoms with Crippen LogP contribution in [0.3, 0.4) is 0 Å². The van der Waals surface area contributed by atoms with Gasteiger partial charge < -0.3 is 19.2 Å². The molecule has 0 bridgehead atoms. The van der Waals surface area contributed by atoms with E-state index in [-0.39, 0.29) is 12.4 Å². The Bertz CT molecular complexity index is 1020. The van der Waals surface area contributed by atoms with Crippen LogP contribution in [0.4, 0.5) is 0 Å². The lowest BCUT2D eigenvalue weighted by Crippen LogP contribution is -2.17. The van der Waals surface area contributed by atoms with E-state index in [0.29, 0.717) is 35.8 Å². The molecule has 1 aliphatic heterocycles. The second-order valence-electron chi connectivity index (χ2n) is 6.25. The van der Waals surface area contributed by atoms with Crippen LogP contribution in [-0.2, 0) is 11.2 Å². The maximum atomic E-state index is 12.5. The second kappa shape index (κ2) is 7.15. The van der Waals surface area contributed by atoms with Crippen LogP contribution in [0.25, 0.3) is 10.9 Å². The maximum Gasteiger partial charge on any atom is 0.338 e. The Labute approximate surface area is 156 Å². The van der Waals surface area contributed by atoms with E-state index in [1.807, 2.05) is 18.2 Å². The molecule has 1 aliphatic rings. The van der Waals surface area contributed by atoms with Crippen molar-refractivity contribution in [2.75, 3.05) is 19.8 Å². The van der Waals surface area contributed by atoms with E-state index in [0.717, 1.165) is 22.9 Å². The fraction of sp³-hybridized carbons (Fsp3) is 0.238. The molecular weight excluding hydrogens is 346 g/mol. The van der Waals surface area contributed by atoms with Gasteiger partial charge in [0.2, 0.25) is 5.78 Å². The number of nitrogens with one attached hydrogen (secondary N) is 1. The summed E-state index contributed by atoms with van der Waals surface area (Å²) in [5.41, 5.74) is 2.93. The topological polar surface area (TPSA) is 77.6 Å². The van der Waals surface area contributed by atoms with E-state index in [1.54, 1.807) is 24.4 Å². The molecular formula is C21H19NO5. The molecule has 0 saturated heterocycles. The highest BCUT2D eigenvalue weighted by Gasteiger charge is 2.18. The highest BCUT2D eigenvalue weighted by molar-refractivity contribution is 6.09. The van der Waals surface area contributed by atoms with Gasteiger partial charge in [-0.05, 0) is 30.2 Å². The first-order valence-electron chi connectivity index (χ1n) is 8.86. The van der Waals surface area contributed by atoms with Crippen LogP contribution in [-0.4, -0.2) is 36.6 Å². The summed E-state index contributed by atoms with van der Waals surface area (Å²) in [4.78, 5) is 28.0. The van der Waals surface area contributed by atoms with Gasteiger partial charge in [0.25, 0.3) is 0 Å². The lowest BCUT2D eigenvalue weighted by molar-refractivity contribution is 0.0474. The Morgan fingerprint density at radius 1 is 1.11 bits per heavy atom. The number of ketones is 1. The summed E-state index contributed by atoms with van der Waals surface area (Å²) in [6.45, 7) is 2.66. The first kappa shape index (κ1) is 17.1. The van der Waals surface area contributed by atoms with Crippen LogP contribution < -0.4 is 9.47 Å². The summed E-state index contributed by atoms with van der Waals surface area (Å²) in [6.07, 6.45) is 2.54. The quantitative estimate of drug-likeness (QED) is 0.553. The molecule has 0 amide bonds. The summed E-state index contributed by atoms with van der Waals surface area (Å²) in [5.74, 6) is 0.278. The number of aromatic amines is 1. The van der Waals surface area contributed by atoms with Crippen LogP contribution >= 0.6 is 0 Å². The molecule has 0 aliphatic carbocycles. The monoisotopic (exact) mass is 365 g/mol. The Hall–Kier alpha value is -3.28. The lowest BCUT2D eigenvalue weighted by atomic mass is 10.1. The van der Waals surface area contributed by atoms with Crippen molar-refractivity contribution in [3.63, 3.8) is 0 Å². The fourth-order valence-electron chi connectivity index (χ4n) is 3.20. The average Bonchev–Trinajstić information content (AvgIpc) is 3.15. The molecule has 0 spiro atoms. The normalized spacial score (nSPS) is 12.8. The summed E-state index contributed by atoms with van der Waals surface area (Å²) in [6, 6.07) is 10.7. The van der Waals surface area contributed by atoms with Gasteiger partial charge in [-0.25, -0.2) is 4.79 Å². The predicted molar refractivity (Wildman–Crippen MR) is 99.7 cm³/mol. The molecule has 6 nitrogen and oxygen atoms in total. The number of rotatable bonds is 5. The standard InChI is InChI=1S/C21H19NO5/c1-2-13-4-3-5-15-16(11-22-20(13)15)17(23)12-27-21(24)14-6-7-18-19(10-14)26-9-8-25-18/h3-7,10-11,22H,2,8-9,12H2,1H3. The van der Waals surface area contributed by atoms with Gasteiger partial charge >= 0.3 is 5.97 Å². The van der Waals surface area contributed by atoms with Crippen LogP contribution in [0.2, 0.25) is 0 Å². The van der Waals surface area contributed by atoms with Crippen molar-refractivity contribution in [3.05, 3.63) is 59.3 Å². The van der Waals surface area contributed by atoms with Crippen LogP contribution in [0.15, 0.2) is 42.6 Å². The van der Waals surface area contributed by atoms with E-state index < -0.39 is 5.97 Å². The van der Waals surface area contributed by atoms with E-state index in [1.165, 1.54) is 0 Å². The zero-order valence-electron chi connectivity index (χ0n) is 14.9. The lowest BCUT2D eigenvalue weighted by Gasteiger charge is -2.18. The first-order valence-corrected chi connectivity index (χ1v) is 8.86. The Balaban J connectivity index is 1.47. The largest absolute Gasteiger partial charge is 0.486 e. The van der Waals surface area contributed by atoms with Gasteiger partial charge in [0.1, 0.15) is 13.2 Å². The molecule has 1 aromatic heterocycles. The molecule has 1 N–H and O–H groups in total. The molecule has 6 heteroatoms. The number of aromatic nitrogens is 1. The van der Waals surface area contributed by atoms with Crippen molar-refractivity contribution in [1.82, 2.24) is 4.98 Å². The molecule has 0 radical (unpaired) electrons. The number of ether oxygens (including phenoxy) is 3. The van der Waals surface area contributed by atoms with Crippen molar-refractivity contribution in [1.29, 1.82) is 0 Å². The zero-order valence-corrected chi connectivity index (χ0v) is 14.9. The summed E-state index contributed by atoms with van der Waals surface area (Å²) >= 11 is 0. The molecule has 2 aromatic carbocycles. The van der Waals surface area contributed by atoms with Crippen molar-refractivity contribution in [2.24, 2.45) is 0 Å². The molecule has 3 aromatic rings. The SMILES string of the molecule is CCc1cccc2c(C(=O)COC(=O)c3ccc4c(c3)OCCO4)c[nH]c12. The van der Waals surface area contributed by atoms with Crippen LogP contribution in [0.5, 0.6) is 11.5 Å². The summed E-state index contributed by atoms with van der Waals surface area (Å²) in [5, 5.41) is 0.842. The molecule has 4 rings (SSSR count). The van der Waals surface area contributed by atoms with Crippen molar-refractivity contribution in [3.8, 4) is 11.5 Å². The van der Waals surface area contributed by atoms with Gasteiger partial charge in [-0.15, -0.1) is 0 Å². The Morgan fingerprint density at radius 2 is 1.93 bits per heavy atom. The molecule has 0 saturated carbocycles. The van der Waals surface area contributed by atoms with Crippen molar-refractivity contribution < 1.29 is 23.8 Å². The van der Waals surface area contributed by atoms with Gasteiger partial charge in [-0.3, -0.25) is 4.79 Å². The third kappa shape index (κ3) is 3.26. The number of para-hydroxylation sites is 1. The van der Waals surface area contributed by atoms with E-state index >= 15 is 0 Å². The third-order valence-corrected chi connectivity index (χ3v) is 4.60. The average molecular weight is 365 g/mol. The highest BCUT2D eigenvalue weighted by atomic mass is 16.6. The Kier molecular flexibility index (Phi) is 4.54. The number of carbonyl (C=O) groups excluding carboxylic acids is 2. The number of benzene rings is 2. The number of H-pyrrole nitrogens is 1. The molecule has 0 fully saturated rings. The number of esters is 1. The van der Waals surface area contributed by atoms with Gasteiger partial charge in [-0.2, -0.15) is 0 Å². The second-order valence-corrected chi connectivity index (χ2v) is 6.25. The smallest absolute Gasteiger partial charge is 0.338 e. The van der Waals surface area contributed by atoms with Crippen molar-refractivity contribution >= 4 is 22.7 Å². The molecule has 0 atom stereocenters. The zero-order chi connectivity index (χ0) is 18.8. The summed E-state index contributed by atoms with van der Waals surface area (Å²) in [7, 11) is 0. The minimum absolute atomic E-state index is 0.250. The van der Waals surface area contributed by atoms with Crippen LogP contribution in [0, 0.1) is 0 Å².